The zero-order valence-corrected chi connectivity index (χ0v) is 18.6. The van der Waals surface area contributed by atoms with Crippen LogP contribution in [0.5, 0.6) is 0 Å². The summed E-state index contributed by atoms with van der Waals surface area (Å²) < 4.78 is 33.9. The molecule has 1 atom stereocenters. The van der Waals surface area contributed by atoms with Gasteiger partial charge in [-0.05, 0) is 25.0 Å². The highest BCUT2D eigenvalue weighted by molar-refractivity contribution is 8.00. The fourth-order valence-electron chi connectivity index (χ4n) is 2.89. The fraction of sp³-hybridized carbons (Fsp3) is 0.286. The standard InChI is InChI=1S/C21H22N2O7S2/c24-18(14-31-9-8-21(25)26)16-6-7-19(22-11-16)23(32(27)28)20-13-29-12-17(30-20)10-15-4-2-1-3-5-15/h1-2,4,6-7,11-13H,3,5,8-10,14H2,(H,25,26)(H,27,28). The Labute approximate surface area is 191 Å². The van der Waals surface area contributed by atoms with Crippen LogP contribution >= 0.6 is 11.8 Å². The first-order valence-electron chi connectivity index (χ1n) is 9.71. The van der Waals surface area contributed by atoms with Crippen LogP contribution in [0.4, 0.5) is 5.82 Å². The van der Waals surface area contributed by atoms with Crippen LogP contribution in [-0.2, 0) is 25.5 Å². The summed E-state index contributed by atoms with van der Waals surface area (Å²) in [7, 11) is 0. The number of thioether (sulfide) groups is 1. The molecule has 1 aliphatic heterocycles. The number of carbonyl (C=O) groups excluding carboxylic acids is 1. The SMILES string of the molecule is O=C(O)CCSCC(=O)c1ccc(N(C2=COC=C(CC3=CC=CCC3)O2)S(=O)O)nc1. The second-order valence-corrected chi connectivity index (χ2v) is 8.73. The van der Waals surface area contributed by atoms with Crippen molar-refractivity contribution in [1.82, 2.24) is 4.98 Å². The van der Waals surface area contributed by atoms with E-state index in [2.05, 4.69) is 11.1 Å². The Balaban J connectivity index is 1.64. The summed E-state index contributed by atoms with van der Waals surface area (Å²) in [6.45, 7) is 0. The van der Waals surface area contributed by atoms with Gasteiger partial charge in [-0.2, -0.15) is 16.1 Å². The minimum absolute atomic E-state index is 0.00825. The van der Waals surface area contributed by atoms with Crippen molar-refractivity contribution >= 4 is 40.6 Å². The van der Waals surface area contributed by atoms with Crippen molar-refractivity contribution in [1.29, 1.82) is 0 Å². The number of ketones is 1. The zero-order chi connectivity index (χ0) is 22.9. The lowest BCUT2D eigenvalue weighted by Crippen LogP contribution is -2.28. The molecule has 9 nitrogen and oxygen atoms in total. The molecule has 1 unspecified atom stereocenters. The number of nitrogens with zero attached hydrogens (tertiary/aromatic N) is 2. The summed E-state index contributed by atoms with van der Waals surface area (Å²) in [4.78, 5) is 26.9. The number of hydrogen-bond acceptors (Lipinski definition) is 7. The van der Waals surface area contributed by atoms with E-state index in [-0.39, 0.29) is 29.7 Å². The number of allylic oxidation sites excluding steroid dienone is 4. The summed E-state index contributed by atoms with van der Waals surface area (Å²) in [6.07, 6.45) is 12.3. The van der Waals surface area contributed by atoms with E-state index >= 15 is 0 Å². The first kappa shape index (κ1) is 23.8. The lowest BCUT2D eigenvalue weighted by molar-refractivity contribution is -0.136. The molecule has 0 radical (unpaired) electrons. The Morgan fingerprint density at radius 2 is 2.12 bits per heavy atom. The second-order valence-electron chi connectivity index (χ2n) is 6.80. The van der Waals surface area contributed by atoms with Gasteiger partial charge in [0.1, 0.15) is 17.8 Å². The maximum atomic E-state index is 12.2. The predicted octanol–water partition coefficient (Wildman–Crippen LogP) is 3.77. The molecule has 0 saturated carbocycles. The number of carbonyl (C=O) groups is 2. The molecule has 0 saturated heterocycles. The summed E-state index contributed by atoms with van der Waals surface area (Å²) in [5.74, 6) is -0.106. The minimum atomic E-state index is -2.50. The molecular weight excluding hydrogens is 456 g/mol. The largest absolute Gasteiger partial charge is 0.481 e. The molecule has 1 aromatic heterocycles. The molecule has 3 rings (SSSR count). The molecule has 2 heterocycles. The average molecular weight is 479 g/mol. The molecule has 0 amide bonds. The van der Waals surface area contributed by atoms with E-state index in [9.17, 15) is 18.4 Å². The molecule has 2 N–H and O–H groups in total. The number of aliphatic carboxylic acids is 1. The molecular formula is C21H22N2O7S2. The van der Waals surface area contributed by atoms with Gasteiger partial charge in [0.25, 0.3) is 17.1 Å². The number of pyridine rings is 1. The normalized spacial score (nSPS) is 16.1. The second kappa shape index (κ2) is 11.7. The topological polar surface area (TPSA) is 126 Å². The van der Waals surface area contributed by atoms with Crippen LogP contribution in [0.2, 0.25) is 0 Å². The van der Waals surface area contributed by atoms with Crippen molar-refractivity contribution in [3.8, 4) is 0 Å². The van der Waals surface area contributed by atoms with Crippen molar-refractivity contribution in [3.05, 3.63) is 71.9 Å². The Hall–Kier alpha value is -2.89. The van der Waals surface area contributed by atoms with Crippen LogP contribution in [0, 0.1) is 0 Å². The van der Waals surface area contributed by atoms with Gasteiger partial charge in [0.05, 0.1) is 12.2 Å². The third kappa shape index (κ3) is 6.81. The summed E-state index contributed by atoms with van der Waals surface area (Å²) in [5.41, 5.74) is 1.47. The van der Waals surface area contributed by atoms with E-state index in [1.54, 1.807) is 0 Å². The van der Waals surface area contributed by atoms with E-state index in [0.29, 0.717) is 23.5 Å². The highest BCUT2D eigenvalue weighted by atomic mass is 32.2. The molecule has 170 valence electrons. The van der Waals surface area contributed by atoms with Crippen molar-refractivity contribution in [2.45, 2.75) is 25.7 Å². The van der Waals surface area contributed by atoms with Crippen molar-refractivity contribution < 1.29 is 32.9 Å². The maximum absolute atomic E-state index is 12.2. The monoisotopic (exact) mass is 478 g/mol. The molecule has 0 aromatic carbocycles. The number of rotatable bonds is 11. The number of anilines is 1. The molecule has 1 aromatic rings. The zero-order valence-electron chi connectivity index (χ0n) is 17.0. The van der Waals surface area contributed by atoms with Gasteiger partial charge >= 0.3 is 5.97 Å². The Kier molecular flexibility index (Phi) is 8.65. The van der Waals surface area contributed by atoms with Gasteiger partial charge in [0, 0.05) is 23.9 Å². The van der Waals surface area contributed by atoms with E-state index in [4.69, 9.17) is 14.6 Å². The van der Waals surface area contributed by atoms with E-state index in [1.165, 1.54) is 42.6 Å². The van der Waals surface area contributed by atoms with Gasteiger partial charge in [-0.3, -0.25) is 14.1 Å². The summed E-state index contributed by atoms with van der Waals surface area (Å²) in [6, 6.07) is 2.92. The van der Waals surface area contributed by atoms with Gasteiger partial charge in [-0.1, -0.05) is 23.8 Å². The first-order chi connectivity index (χ1) is 15.4. The fourth-order valence-corrected chi connectivity index (χ4v) is 4.21. The third-order valence-electron chi connectivity index (χ3n) is 4.43. The Morgan fingerprint density at radius 1 is 1.28 bits per heavy atom. The molecule has 11 heteroatoms. The van der Waals surface area contributed by atoms with Gasteiger partial charge in [0.2, 0.25) is 0 Å². The maximum Gasteiger partial charge on any atom is 0.304 e. The van der Waals surface area contributed by atoms with Crippen molar-refractivity contribution in [2.24, 2.45) is 0 Å². The van der Waals surface area contributed by atoms with Gasteiger partial charge in [0.15, 0.2) is 12.0 Å². The molecule has 2 aliphatic rings. The van der Waals surface area contributed by atoms with Gasteiger partial charge < -0.3 is 14.6 Å². The Bertz CT molecular complexity index is 1000. The number of hydrogen-bond donors (Lipinski definition) is 2. The predicted molar refractivity (Wildman–Crippen MR) is 121 cm³/mol. The average Bonchev–Trinajstić information content (AvgIpc) is 2.78. The van der Waals surface area contributed by atoms with Crippen LogP contribution in [-0.4, -0.2) is 42.1 Å². The van der Waals surface area contributed by atoms with Crippen molar-refractivity contribution in [2.75, 3.05) is 15.8 Å². The minimum Gasteiger partial charge on any atom is -0.481 e. The van der Waals surface area contributed by atoms with E-state index < -0.39 is 17.2 Å². The Morgan fingerprint density at radius 3 is 2.78 bits per heavy atom. The van der Waals surface area contributed by atoms with Crippen LogP contribution < -0.4 is 4.31 Å². The summed E-state index contributed by atoms with van der Waals surface area (Å²) in [5, 5.41) is 8.64. The highest BCUT2D eigenvalue weighted by Crippen LogP contribution is 2.28. The number of Topliss-reactive ketones (excluding diaryl/α,β-unsaturated/α-hetero) is 1. The highest BCUT2D eigenvalue weighted by Gasteiger charge is 2.25. The van der Waals surface area contributed by atoms with Gasteiger partial charge in [-0.15, -0.1) is 0 Å². The third-order valence-corrected chi connectivity index (χ3v) is 6.07. The lowest BCUT2D eigenvalue weighted by atomic mass is 10.0. The van der Waals surface area contributed by atoms with Crippen LogP contribution in [0.1, 0.15) is 36.0 Å². The smallest absolute Gasteiger partial charge is 0.304 e. The van der Waals surface area contributed by atoms with E-state index in [0.717, 1.165) is 22.7 Å². The van der Waals surface area contributed by atoms with Crippen LogP contribution in [0.25, 0.3) is 0 Å². The van der Waals surface area contributed by atoms with Crippen LogP contribution in [0.3, 0.4) is 0 Å². The molecule has 0 fully saturated rings. The number of ether oxygens (including phenoxy) is 2. The van der Waals surface area contributed by atoms with Gasteiger partial charge in [-0.25, -0.2) is 9.19 Å². The number of carboxylic acids is 1. The number of aromatic nitrogens is 1. The molecule has 32 heavy (non-hydrogen) atoms. The van der Waals surface area contributed by atoms with Crippen LogP contribution in [0.15, 0.2) is 66.3 Å². The number of carboxylic acid groups (broad SMARTS) is 1. The lowest BCUT2D eigenvalue weighted by Gasteiger charge is -2.25. The van der Waals surface area contributed by atoms with Crippen molar-refractivity contribution in [3.63, 3.8) is 0 Å². The summed E-state index contributed by atoms with van der Waals surface area (Å²) >= 11 is -1.28. The molecule has 0 bridgehead atoms. The first-order valence-corrected chi connectivity index (χ1v) is 11.9. The molecule has 0 spiro atoms. The quantitative estimate of drug-likeness (QED) is 0.278. The molecule has 1 aliphatic carbocycles. The van der Waals surface area contributed by atoms with E-state index in [1.807, 2.05) is 12.2 Å².